The van der Waals surface area contributed by atoms with Crippen LogP contribution in [0.5, 0.6) is 0 Å². The third kappa shape index (κ3) is 3.15. The van der Waals surface area contributed by atoms with Gasteiger partial charge in [-0.1, -0.05) is 0 Å². The molecule has 0 aliphatic carbocycles. The van der Waals surface area contributed by atoms with E-state index in [0.717, 1.165) is 0 Å². The van der Waals surface area contributed by atoms with Crippen LogP contribution in [0.3, 0.4) is 0 Å². The molecule has 15 heavy (non-hydrogen) atoms. The van der Waals surface area contributed by atoms with Crippen molar-refractivity contribution in [2.75, 3.05) is 0 Å². The Kier molecular flexibility index (Phi) is 3.28. The van der Waals surface area contributed by atoms with Crippen molar-refractivity contribution < 1.29 is 34.4 Å². The first kappa shape index (κ1) is 11.9. The SMILES string of the molecule is CC(O)CC1(O)OC(=O)CC(O)C(=O)O1. The molecule has 0 spiro atoms. The Labute approximate surface area is 85.2 Å². The average Bonchev–Trinajstić information content (AvgIpc) is 2.07. The topological polar surface area (TPSA) is 113 Å². The number of cyclic esters (lactones) is 2. The molecule has 0 aromatic carbocycles. The highest BCUT2D eigenvalue weighted by atomic mass is 16.8. The first-order valence-corrected chi connectivity index (χ1v) is 4.35. The molecule has 0 bridgehead atoms. The lowest BCUT2D eigenvalue weighted by atomic mass is 10.2. The number of aliphatic hydroxyl groups is 3. The normalized spacial score (nSPS) is 34.0. The molecule has 1 rings (SSSR count). The molecule has 1 aliphatic rings. The predicted octanol–water partition coefficient (Wildman–Crippen LogP) is -1.75. The van der Waals surface area contributed by atoms with E-state index >= 15 is 0 Å². The lowest BCUT2D eigenvalue weighted by molar-refractivity contribution is -0.330. The fourth-order valence-electron chi connectivity index (χ4n) is 1.16. The Morgan fingerprint density at radius 3 is 2.67 bits per heavy atom. The van der Waals surface area contributed by atoms with E-state index in [9.17, 15) is 14.7 Å². The third-order valence-corrected chi connectivity index (χ3v) is 1.72. The standard InChI is InChI=1S/C8H12O7/c1-4(9)3-8(13)14-6(11)2-5(10)7(12)15-8/h4-5,9-10,13H,2-3H2,1H3. The van der Waals surface area contributed by atoms with Crippen LogP contribution in [0.15, 0.2) is 0 Å². The smallest absolute Gasteiger partial charge is 0.375 e. The van der Waals surface area contributed by atoms with Gasteiger partial charge in [0.15, 0.2) is 6.10 Å². The molecule has 7 nitrogen and oxygen atoms in total. The maximum absolute atomic E-state index is 11.0. The number of carbonyl (C=O) groups excluding carboxylic acids is 2. The van der Waals surface area contributed by atoms with Crippen LogP contribution in [-0.4, -0.2) is 45.4 Å². The molecule has 3 N–H and O–H groups in total. The van der Waals surface area contributed by atoms with Crippen LogP contribution in [0, 0.1) is 0 Å². The van der Waals surface area contributed by atoms with Gasteiger partial charge in [0.05, 0.1) is 18.9 Å². The van der Waals surface area contributed by atoms with Crippen molar-refractivity contribution in [1.29, 1.82) is 0 Å². The predicted molar refractivity (Wildman–Crippen MR) is 44.1 cm³/mol. The van der Waals surface area contributed by atoms with Crippen molar-refractivity contribution in [2.24, 2.45) is 0 Å². The summed E-state index contributed by atoms with van der Waals surface area (Å²) in [7, 11) is 0. The van der Waals surface area contributed by atoms with Gasteiger partial charge in [0.25, 0.3) is 0 Å². The van der Waals surface area contributed by atoms with E-state index in [0.29, 0.717) is 0 Å². The zero-order valence-corrected chi connectivity index (χ0v) is 8.04. The summed E-state index contributed by atoms with van der Waals surface area (Å²) in [5.41, 5.74) is 0. The number of ether oxygens (including phenoxy) is 2. The highest BCUT2D eigenvalue weighted by molar-refractivity contribution is 5.83. The maximum Gasteiger partial charge on any atom is 0.375 e. The van der Waals surface area contributed by atoms with Gasteiger partial charge >= 0.3 is 17.9 Å². The van der Waals surface area contributed by atoms with Crippen molar-refractivity contribution in [3.63, 3.8) is 0 Å². The molecule has 3 unspecified atom stereocenters. The minimum Gasteiger partial charge on any atom is -0.398 e. The molecule has 7 heteroatoms. The minimum atomic E-state index is -2.50. The Balaban J connectivity index is 2.80. The summed E-state index contributed by atoms with van der Waals surface area (Å²) in [4.78, 5) is 22.0. The minimum absolute atomic E-state index is 0.475. The first-order chi connectivity index (χ1) is 6.82. The summed E-state index contributed by atoms with van der Waals surface area (Å²) >= 11 is 0. The fourth-order valence-corrected chi connectivity index (χ4v) is 1.16. The highest BCUT2D eigenvalue weighted by Gasteiger charge is 2.43. The molecule has 86 valence electrons. The molecule has 0 amide bonds. The van der Waals surface area contributed by atoms with Gasteiger partial charge in [-0.15, -0.1) is 0 Å². The van der Waals surface area contributed by atoms with Crippen LogP contribution in [0.25, 0.3) is 0 Å². The van der Waals surface area contributed by atoms with Gasteiger partial charge in [-0.25, -0.2) is 4.79 Å². The van der Waals surface area contributed by atoms with Crippen molar-refractivity contribution in [3.05, 3.63) is 0 Å². The summed E-state index contributed by atoms with van der Waals surface area (Å²) in [5.74, 6) is -4.64. The summed E-state index contributed by atoms with van der Waals surface area (Å²) in [6.45, 7) is 1.32. The number of carbonyl (C=O) groups is 2. The van der Waals surface area contributed by atoms with E-state index < -0.39 is 43.0 Å². The monoisotopic (exact) mass is 220 g/mol. The van der Waals surface area contributed by atoms with Crippen molar-refractivity contribution in [1.82, 2.24) is 0 Å². The Morgan fingerprint density at radius 1 is 1.53 bits per heavy atom. The summed E-state index contributed by atoms with van der Waals surface area (Å²) < 4.78 is 8.76. The average molecular weight is 220 g/mol. The van der Waals surface area contributed by atoms with Crippen LogP contribution >= 0.6 is 0 Å². The number of hydrogen-bond acceptors (Lipinski definition) is 7. The van der Waals surface area contributed by atoms with Crippen LogP contribution in [0.2, 0.25) is 0 Å². The van der Waals surface area contributed by atoms with E-state index in [1.807, 2.05) is 0 Å². The summed E-state index contributed by atoms with van der Waals surface area (Å²) in [6.07, 6.45) is -3.75. The van der Waals surface area contributed by atoms with Crippen molar-refractivity contribution >= 4 is 11.9 Å². The Morgan fingerprint density at radius 2 is 2.13 bits per heavy atom. The van der Waals surface area contributed by atoms with Crippen LogP contribution in [0.4, 0.5) is 0 Å². The van der Waals surface area contributed by atoms with Gasteiger partial charge in [-0.3, -0.25) is 4.79 Å². The highest BCUT2D eigenvalue weighted by Crippen LogP contribution is 2.22. The van der Waals surface area contributed by atoms with Crippen molar-refractivity contribution in [2.45, 2.75) is 37.9 Å². The second-order valence-corrected chi connectivity index (χ2v) is 3.38. The lowest BCUT2D eigenvalue weighted by Gasteiger charge is -2.25. The molecule has 0 radical (unpaired) electrons. The van der Waals surface area contributed by atoms with E-state index in [1.54, 1.807) is 0 Å². The number of rotatable bonds is 2. The molecule has 1 saturated heterocycles. The van der Waals surface area contributed by atoms with E-state index in [2.05, 4.69) is 9.47 Å². The zero-order chi connectivity index (χ0) is 11.6. The number of hydrogen-bond donors (Lipinski definition) is 3. The van der Waals surface area contributed by atoms with Gasteiger partial charge in [0.2, 0.25) is 0 Å². The Bertz CT molecular complexity index is 274. The van der Waals surface area contributed by atoms with Gasteiger partial charge in [0, 0.05) is 0 Å². The fraction of sp³-hybridized carbons (Fsp3) is 0.750. The third-order valence-electron chi connectivity index (χ3n) is 1.72. The van der Waals surface area contributed by atoms with Crippen molar-refractivity contribution in [3.8, 4) is 0 Å². The zero-order valence-electron chi connectivity index (χ0n) is 8.04. The molecule has 0 aromatic heterocycles. The van der Waals surface area contributed by atoms with E-state index in [-0.39, 0.29) is 0 Å². The van der Waals surface area contributed by atoms with Crippen LogP contribution < -0.4 is 0 Å². The molecule has 1 heterocycles. The van der Waals surface area contributed by atoms with E-state index in [1.165, 1.54) is 6.92 Å². The molecule has 0 aromatic rings. The quantitative estimate of drug-likeness (QED) is 0.473. The molecular weight excluding hydrogens is 208 g/mol. The summed E-state index contributed by atoms with van der Waals surface area (Å²) in [5, 5.41) is 27.6. The Hall–Kier alpha value is -1.18. The molecule has 1 fully saturated rings. The van der Waals surface area contributed by atoms with Gasteiger partial charge in [-0.05, 0) is 6.92 Å². The first-order valence-electron chi connectivity index (χ1n) is 4.35. The number of esters is 2. The van der Waals surface area contributed by atoms with E-state index in [4.69, 9.17) is 10.2 Å². The largest absolute Gasteiger partial charge is 0.398 e. The second-order valence-electron chi connectivity index (χ2n) is 3.38. The molecule has 1 aliphatic heterocycles. The molecular formula is C8H12O7. The second kappa shape index (κ2) is 4.13. The van der Waals surface area contributed by atoms with Gasteiger partial charge < -0.3 is 24.8 Å². The van der Waals surface area contributed by atoms with Crippen LogP contribution in [-0.2, 0) is 19.1 Å². The molecule has 0 saturated carbocycles. The summed E-state index contributed by atoms with van der Waals surface area (Å²) in [6, 6.07) is 0. The molecule has 3 atom stereocenters. The maximum atomic E-state index is 11.0. The van der Waals surface area contributed by atoms with Gasteiger partial charge in [-0.2, -0.15) is 0 Å². The van der Waals surface area contributed by atoms with Gasteiger partial charge in [0.1, 0.15) is 0 Å². The van der Waals surface area contributed by atoms with Crippen LogP contribution in [0.1, 0.15) is 19.8 Å². The lowest BCUT2D eigenvalue weighted by Crippen LogP contribution is -2.41. The number of aliphatic hydroxyl groups excluding tert-OH is 2.